The van der Waals surface area contributed by atoms with Gasteiger partial charge in [-0.25, -0.2) is 4.98 Å². The highest BCUT2D eigenvalue weighted by Gasteiger charge is 2.21. The number of hydrogen-bond acceptors (Lipinski definition) is 5. The average Bonchev–Trinajstić information content (AvgIpc) is 3.28. The largest absolute Gasteiger partial charge is 0.334 e. The van der Waals surface area contributed by atoms with Crippen LogP contribution in [0.1, 0.15) is 57.8 Å². The predicted octanol–water partition coefficient (Wildman–Crippen LogP) is 2.84. The third-order valence-electron chi connectivity index (χ3n) is 5.08. The van der Waals surface area contributed by atoms with Gasteiger partial charge in [0, 0.05) is 24.7 Å². The van der Waals surface area contributed by atoms with Crippen molar-refractivity contribution >= 4 is 29.7 Å². The van der Waals surface area contributed by atoms with Crippen molar-refractivity contribution in [2.45, 2.75) is 51.1 Å². The van der Waals surface area contributed by atoms with Crippen LogP contribution in [0.15, 0.2) is 12.3 Å². The standard InChI is InChI=1S/C18H25N5OS.ClH/c1-22(12-17-20-14-6-2-3-7-16(14)25-17)18(24)15-8-10-23(21-15)13-5-4-9-19-11-13;/h8,10,13,19H,2-7,9,11-12H2,1H3;1H. The number of piperidine rings is 1. The van der Waals surface area contributed by atoms with Gasteiger partial charge in [0.25, 0.3) is 5.91 Å². The molecule has 1 saturated heterocycles. The minimum atomic E-state index is -0.0318. The molecule has 1 aliphatic carbocycles. The van der Waals surface area contributed by atoms with Gasteiger partial charge in [0.1, 0.15) is 10.7 Å². The Bertz CT molecular complexity index is 729. The van der Waals surface area contributed by atoms with E-state index in [1.165, 1.54) is 23.4 Å². The van der Waals surface area contributed by atoms with Gasteiger partial charge in [-0.15, -0.1) is 23.7 Å². The van der Waals surface area contributed by atoms with Crippen LogP contribution in [0.2, 0.25) is 0 Å². The summed E-state index contributed by atoms with van der Waals surface area (Å²) in [6.45, 7) is 2.56. The number of thiazole rings is 1. The summed E-state index contributed by atoms with van der Waals surface area (Å²) in [5, 5.41) is 8.96. The van der Waals surface area contributed by atoms with Crippen molar-refractivity contribution in [1.82, 2.24) is 25.0 Å². The third-order valence-corrected chi connectivity index (χ3v) is 6.22. The smallest absolute Gasteiger partial charge is 0.274 e. The van der Waals surface area contributed by atoms with E-state index in [9.17, 15) is 4.79 Å². The van der Waals surface area contributed by atoms with Crippen LogP contribution in [0.4, 0.5) is 0 Å². The summed E-state index contributed by atoms with van der Waals surface area (Å²) in [7, 11) is 1.84. The molecule has 2 aromatic rings. The molecule has 2 aromatic heterocycles. The van der Waals surface area contributed by atoms with Crippen molar-refractivity contribution in [2.75, 3.05) is 20.1 Å². The molecule has 1 atom stereocenters. The molecule has 0 aromatic carbocycles. The lowest BCUT2D eigenvalue weighted by molar-refractivity contribution is 0.0777. The number of nitrogens with one attached hydrogen (secondary N) is 1. The third kappa shape index (κ3) is 4.10. The summed E-state index contributed by atoms with van der Waals surface area (Å²) in [6, 6.07) is 2.19. The van der Waals surface area contributed by atoms with Gasteiger partial charge in [-0.3, -0.25) is 9.48 Å². The van der Waals surface area contributed by atoms with Crippen LogP contribution in [0, 0.1) is 0 Å². The molecule has 3 heterocycles. The molecule has 4 rings (SSSR count). The Kier molecular flexibility index (Phi) is 6.32. The van der Waals surface area contributed by atoms with Gasteiger partial charge < -0.3 is 10.2 Å². The maximum atomic E-state index is 12.7. The molecule has 8 heteroatoms. The number of fused-ring (bicyclic) bond motifs is 1. The summed E-state index contributed by atoms with van der Waals surface area (Å²) in [5.74, 6) is -0.0318. The van der Waals surface area contributed by atoms with Crippen LogP contribution in [0.5, 0.6) is 0 Å². The first-order chi connectivity index (χ1) is 12.2. The number of nitrogens with zero attached hydrogens (tertiary/aromatic N) is 4. The van der Waals surface area contributed by atoms with Gasteiger partial charge in [0.15, 0.2) is 0 Å². The van der Waals surface area contributed by atoms with Gasteiger partial charge in [-0.2, -0.15) is 5.10 Å². The van der Waals surface area contributed by atoms with Crippen LogP contribution in [-0.2, 0) is 19.4 Å². The Morgan fingerprint density at radius 2 is 2.23 bits per heavy atom. The molecule has 26 heavy (non-hydrogen) atoms. The van der Waals surface area contributed by atoms with Gasteiger partial charge in [0.2, 0.25) is 0 Å². The maximum absolute atomic E-state index is 12.7. The quantitative estimate of drug-likeness (QED) is 0.864. The highest BCUT2D eigenvalue weighted by Crippen LogP contribution is 2.27. The fourth-order valence-electron chi connectivity index (χ4n) is 3.66. The number of hydrogen-bond donors (Lipinski definition) is 1. The number of rotatable bonds is 4. The number of amides is 1. The molecule has 0 spiro atoms. The van der Waals surface area contributed by atoms with E-state index in [2.05, 4.69) is 10.4 Å². The minimum absolute atomic E-state index is 0. The Balaban J connectivity index is 0.00000196. The first-order valence-corrected chi connectivity index (χ1v) is 10.0. The molecule has 1 aliphatic heterocycles. The van der Waals surface area contributed by atoms with Crippen molar-refractivity contribution in [1.29, 1.82) is 0 Å². The van der Waals surface area contributed by atoms with E-state index in [-0.39, 0.29) is 18.3 Å². The SMILES string of the molecule is CN(Cc1nc2c(s1)CCCC2)C(=O)c1ccn(C2CCCNC2)n1.Cl. The molecule has 2 aliphatic rings. The Labute approximate surface area is 164 Å². The van der Waals surface area contributed by atoms with E-state index in [0.717, 1.165) is 43.8 Å². The molecule has 0 bridgehead atoms. The van der Waals surface area contributed by atoms with E-state index in [1.807, 2.05) is 24.0 Å². The average molecular weight is 396 g/mol. The van der Waals surface area contributed by atoms with E-state index >= 15 is 0 Å². The predicted molar refractivity (Wildman–Crippen MR) is 105 cm³/mol. The molecule has 1 fully saturated rings. The van der Waals surface area contributed by atoms with Gasteiger partial charge in [-0.1, -0.05) is 0 Å². The van der Waals surface area contributed by atoms with Crippen LogP contribution in [0.25, 0.3) is 0 Å². The fourth-order valence-corrected chi connectivity index (χ4v) is 4.87. The lowest BCUT2D eigenvalue weighted by Gasteiger charge is -2.23. The first kappa shape index (κ1) is 19.3. The minimum Gasteiger partial charge on any atom is -0.334 e. The van der Waals surface area contributed by atoms with Crippen molar-refractivity contribution in [3.63, 3.8) is 0 Å². The number of carbonyl (C=O) groups excluding carboxylic acids is 1. The lowest BCUT2D eigenvalue weighted by Crippen LogP contribution is -2.32. The number of carbonyl (C=O) groups is 1. The molecular formula is C18H26ClN5OS. The molecule has 1 amide bonds. The number of aryl methyl sites for hydroxylation is 2. The van der Waals surface area contributed by atoms with Crippen LogP contribution < -0.4 is 5.32 Å². The highest BCUT2D eigenvalue weighted by atomic mass is 35.5. The zero-order valence-corrected chi connectivity index (χ0v) is 16.7. The molecule has 0 saturated carbocycles. The monoisotopic (exact) mass is 395 g/mol. The second kappa shape index (κ2) is 8.50. The Morgan fingerprint density at radius 1 is 1.38 bits per heavy atom. The first-order valence-electron chi connectivity index (χ1n) is 9.19. The number of halogens is 1. The topological polar surface area (TPSA) is 63.1 Å². The zero-order valence-electron chi connectivity index (χ0n) is 15.1. The lowest BCUT2D eigenvalue weighted by atomic mass is 10.0. The normalized spacial score (nSPS) is 19.5. The Morgan fingerprint density at radius 3 is 3.00 bits per heavy atom. The van der Waals surface area contributed by atoms with Crippen molar-refractivity contribution < 1.29 is 4.79 Å². The van der Waals surface area contributed by atoms with E-state index in [0.29, 0.717) is 18.3 Å². The summed E-state index contributed by atoms with van der Waals surface area (Å²) < 4.78 is 1.94. The van der Waals surface area contributed by atoms with E-state index in [1.54, 1.807) is 16.2 Å². The van der Waals surface area contributed by atoms with Crippen molar-refractivity contribution in [3.8, 4) is 0 Å². The van der Waals surface area contributed by atoms with Crippen LogP contribution in [0.3, 0.4) is 0 Å². The van der Waals surface area contributed by atoms with Crippen LogP contribution in [-0.4, -0.2) is 45.7 Å². The maximum Gasteiger partial charge on any atom is 0.274 e. The van der Waals surface area contributed by atoms with E-state index in [4.69, 9.17) is 4.98 Å². The molecule has 142 valence electrons. The zero-order chi connectivity index (χ0) is 17.2. The molecule has 6 nitrogen and oxygen atoms in total. The number of aromatic nitrogens is 3. The van der Waals surface area contributed by atoms with Gasteiger partial charge >= 0.3 is 0 Å². The summed E-state index contributed by atoms with van der Waals surface area (Å²) >= 11 is 1.77. The second-order valence-corrected chi connectivity index (χ2v) is 8.20. The molecular weight excluding hydrogens is 370 g/mol. The Hall–Kier alpha value is -1.44. The fraction of sp³-hybridized carbons (Fsp3) is 0.611. The summed E-state index contributed by atoms with van der Waals surface area (Å²) in [4.78, 5) is 20.6. The summed E-state index contributed by atoms with van der Waals surface area (Å²) in [5.41, 5.74) is 1.77. The molecule has 0 radical (unpaired) electrons. The van der Waals surface area contributed by atoms with Crippen molar-refractivity contribution in [3.05, 3.63) is 33.5 Å². The highest BCUT2D eigenvalue weighted by molar-refractivity contribution is 7.11. The second-order valence-electron chi connectivity index (χ2n) is 7.03. The van der Waals surface area contributed by atoms with Crippen molar-refractivity contribution in [2.24, 2.45) is 0 Å². The van der Waals surface area contributed by atoms with E-state index < -0.39 is 0 Å². The molecule has 1 unspecified atom stereocenters. The van der Waals surface area contributed by atoms with Gasteiger partial charge in [-0.05, 0) is 51.1 Å². The molecule has 1 N–H and O–H groups in total. The summed E-state index contributed by atoms with van der Waals surface area (Å²) in [6.07, 6.45) is 8.93. The van der Waals surface area contributed by atoms with Gasteiger partial charge in [0.05, 0.1) is 18.3 Å². The van der Waals surface area contributed by atoms with Crippen LogP contribution >= 0.6 is 23.7 Å².